The molecular formula is C15H19FN4O2. The molecule has 0 bridgehead atoms. The van der Waals surface area contributed by atoms with Crippen molar-refractivity contribution in [1.82, 2.24) is 20.4 Å². The molecule has 0 radical (unpaired) electrons. The van der Waals surface area contributed by atoms with Gasteiger partial charge in [0.05, 0.1) is 12.6 Å². The monoisotopic (exact) mass is 306 g/mol. The number of hydrogen-bond acceptors (Lipinski definition) is 3. The number of nitrogens with one attached hydrogen (secondary N) is 2. The number of amides is 2. The Morgan fingerprint density at radius 2 is 2.18 bits per heavy atom. The van der Waals surface area contributed by atoms with Gasteiger partial charge in [0.25, 0.3) is 0 Å². The first-order valence-corrected chi connectivity index (χ1v) is 7.00. The summed E-state index contributed by atoms with van der Waals surface area (Å²) in [4.78, 5) is 11.7. The van der Waals surface area contributed by atoms with E-state index in [0.29, 0.717) is 6.54 Å². The van der Waals surface area contributed by atoms with Crippen LogP contribution < -0.4 is 10.6 Å². The van der Waals surface area contributed by atoms with Gasteiger partial charge < -0.3 is 15.7 Å². The quantitative estimate of drug-likeness (QED) is 0.755. The van der Waals surface area contributed by atoms with E-state index in [1.54, 1.807) is 35.3 Å². The Hall–Kier alpha value is -2.41. The van der Waals surface area contributed by atoms with Crippen LogP contribution in [0.4, 0.5) is 9.18 Å². The average molecular weight is 306 g/mol. The van der Waals surface area contributed by atoms with E-state index in [2.05, 4.69) is 15.7 Å². The van der Waals surface area contributed by atoms with Gasteiger partial charge in [-0.3, -0.25) is 4.68 Å². The summed E-state index contributed by atoms with van der Waals surface area (Å²) in [6.45, 7) is 2.31. The molecule has 2 aromatic rings. The number of rotatable bonds is 6. The lowest BCUT2D eigenvalue weighted by Gasteiger charge is -2.17. The van der Waals surface area contributed by atoms with Crippen molar-refractivity contribution in [2.24, 2.45) is 0 Å². The van der Waals surface area contributed by atoms with E-state index in [1.165, 1.54) is 12.1 Å². The Labute approximate surface area is 128 Å². The summed E-state index contributed by atoms with van der Waals surface area (Å²) in [6, 6.07) is 7.18. The molecule has 22 heavy (non-hydrogen) atoms. The minimum Gasteiger partial charge on any atom is -0.386 e. The molecule has 0 aliphatic rings. The van der Waals surface area contributed by atoms with E-state index in [0.717, 1.165) is 0 Å². The lowest BCUT2D eigenvalue weighted by Crippen LogP contribution is -2.43. The molecule has 0 fully saturated rings. The zero-order valence-corrected chi connectivity index (χ0v) is 12.2. The third kappa shape index (κ3) is 4.56. The second-order valence-corrected chi connectivity index (χ2v) is 5.02. The molecule has 0 aliphatic heterocycles. The third-order valence-electron chi connectivity index (χ3n) is 3.12. The van der Waals surface area contributed by atoms with Crippen LogP contribution in [-0.2, 0) is 6.54 Å². The maximum atomic E-state index is 13.5. The lowest BCUT2D eigenvalue weighted by atomic mass is 10.1. The van der Waals surface area contributed by atoms with Gasteiger partial charge in [-0.2, -0.15) is 5.10 Å². The highest BCUT2D eigenvalue weighted by atomic mass is 19.1. The van der Waals surface area contributed by atoms with Crippen molar-refractivity contribution in [2.75, 3.05) is 6.54 Å². The maximum Gasteiger partial charge on any atom is 0.315 e. The fourth-order valence-corrected chi connectivity index (χ4v) is 2.05. The number of benzene rings is 1. The van der Waals surface area contributed by atoms with E-state index in [9.17, 15) is 14.3 Å². The van der Waals surface area contributed by atoms with Crippen molar-refractivity contribution in [1.29, 1.82) is 0 Å². The highest BCUT2D eigenvalue weighted by Crippen LogP contribution is 2.15. The summed E-state index contributed by atoms with van der Waals surface area (Å²) in [6.07, 6.45) is 2.38. The van der Waals surface area contributed by atoms with Crippen LogP contribution in [0.2, 0.25) is 0 Å². The Morgan fingerprint density at radius 1 is 1.41 bits per heavy atom. The second kappa shape index (κ2) is 7.56. The molecule has 2 rings (SSSR count). The van der Waals surface area contributed by atoms with E-state index >= 15 is 0 Å². The number of aromatic nitrogens is 2. The van der Waals surface area contributed by atoms with Crippen molar-refractivity contribution in [2.45, 2.75) is 25.6 Å². The molecular weight excluding hydrogens is 287 g/mol. The van der Waals surface area contributed by atoms with Crippen LogP contribution in [0.15, 0.2) is 42.7 Å². The molecule has 0 saturated heterocycles. The van der Waals surface area contributed by atoms with Gasteiger partial charge in [-0.05, 0) is 19.1 Å². The number of carbonyl (C=O) groups excluding carboxylic acids is 1. The van der Waals surface area contributed by atoms with E-state index < -0.39 is 18.0 Å². The zero-order chi connectivity index (χ0) is 15.9. The number of aliphatic hydroxyl groups excluding tert-OH is 1. The maximum absolute atomic E-state index is 13.5. The third-order valence-corrected chi connectivity index (χ3v) is 3.12. The number of carbonyl (C=O) groups is 1. The standard InChI is InChI=1S/C15H19FN4O2/c1-11(10-20-8-4-7-18-20)19-15(22)17-9-14(21)12-5-2-3-6-13(12)16/h2-8,11,14,21H,9-10H2,1H3,(H2,17,19,22)/t11-,14+/m1/s1. The minimum absolute atomic E-state index is 0.0682. The molecule has 7 heteroatoms. The number of nitrogens with zero attached hydrogens (tertiary/aromatic N) is 2. The number of urea groups is 1. The molecule has 3 N–H and O–H groups in total. The SMILES string of the molecule is C[C@H](Cn1cccn1)NC(=O)NC[C@H](O)c1ccccc1F. The topological polar surface area (TPSA) is 79.2 Å². The highest BCUT2D eigenvalue weighted by molar-refractivity contribution is 5.74. The Bertz CT molecular complexity index is 603. The van der Waals surface area contributed by atoms with Gasteiger partial charge in [0, 0.05) is 30.5 Å². The van der Waals surface area contributed by atoms with Gasteiger partial charge >= 0.3 is 6.03 Å². The average Bonchev–Trinajstić information content (AvgIpc) is 2.98. The van der Waals surface area contributed by atoms with Crippen molar-refractivity contribution < 1.29 is 14.3 Å². The fourth-order valence-electron chi connectivity index (χ4n) is 2.05. The smallest absolute Gasteiger partial charge is 0.315 e. The van der Waals surface area contributed by atoms with E-state index in [4.69, 9.17) is 0 Å². The summed E-state index contributed by atoms with van der Waals surface area (Å²) >= 11 is 0. The summed E-state index contributed by atoms with van der Waals surface area (Å²) in [5.41, 5.74) is 0.160. The van der Waals surface area contributed by atoms with Gasteiger partial charge in [-0.1, -0.05) is 18.2 Å². The van der Waals surface area contributed by atoms with Crippen LogP contribution in [0, 0.1) is 5.82 Å². The second-order valence-electron chi connectivity index (χ2n) is 5.02. The predicted molar refractivity (Wildman–Crippen MR) is 79.6 cm³/mol. The lowest BCUT2D eigenvalue weighted by molar-refractivity contribution is 0.168. The molecule has 1 aromatic heterocycles. The summed E-state index contributed by atoms with van der Waals surface area (Å²) < 4.78 is 15.2. The summed E-state index contributed by atoms with van der Waals surface area (Å²) in [5.74, 6) is -0.496. The molecule has 0 unspecified atom stereocenters. The molecule has 0 aliphatic carbocycles. The van der Waals surface area contributed by atoms with Gasteiger partial charge in [0.15, 0.2) is 0 Å². The van der Waals surface area contributed by atoms with Gasteiger partial charge in [0.1, 0.15) is 5.82 Å². The zero-order valence-electron chi connectivity index (χ0n) is 12.2. The van der Waals surface area contributed by atoms with Crippen LogP contribution in [-0.4, -0.2) is 33.5 Å². The molecule has 2 atom stereocenters. The molecule has 2 amide bonds. The Balaban J connectivity index is 1.76. The first-order valence-electron chi connectivity index (χ1n) is 7.00. The normalized spacial score (nSPS) is 13.4. The number of halogens is 1. The number of aliphatic hydroxyl groups is 1. The molecule has 1 heterocycles. The van der Waals surface area contributed by atoms with Crippen molar-refractivity contribution in [3.63, 3.8) is 0 Å². The summed E-state index contributed by atoms with van der Waals surface area (Å²) in [5, 5.41) is 19.2. The number of hydrogen-bond donors (Lipinski definition) is 3. The highest BCUT2D eigenvalue weighted by Gasteiger charge is 2.14. The van der Waals surface area contributed by atoms with Gasteiger partial charge in [-0.25, -0.2) is 9.18 Å². The Kier molecular flexibility index (Phi) is 5.48. The van der Waals surface area contributed by atoms with Crippen molar-refractivity contribution in [3.8, 4) is 0 Å². The molecule has 6 nitrogen and oxygen atoms in total. The summed E-state index contributed by atoms with van der Waals surface area (Å²) in [7, 11) is 0. The van der Waals surface area contributed by atoms with Gasteiger partial charge in [0.2, 0.25) is 0 Å². The molecule has 0 saturated carbocycles. The van der Waals surface area contributed by atoms with Crippen LogP contribution >= 0.6 is 0 Å². The predicted octanol–water partition coefficient (Wildman–Crippen LogP) is 1.44. The van der Waals surface area contributed by atoms with Crippen molar-refractivity contribution >= 4 is 6.03 Å². The van der Waals surface area contributed by atoms with Gasteiger partial charge in [-0.15, -0.1) is 0 Å². The first kappa shape index (κ1) is 16.0. The largest absolute Gasteiger partial charge is 0.386 e. The Morgan fingerprint density at radius 3 is 2.86 bits per heavy atom. The van der Waals surface area contributed by atoms with Crippen LogP contribution in [0.3, 0.4) is 0 Å². The van der Waals surface area contributed by atoms with Crippen LogP contribution in [0.25, 0.3) is 0 Å². The minimum atomic E-state index is -1.09. The van der Waals surface area contributed by atoms with E-state index in [-0.39, 0.29) is 18.2 Å². The molecule has 1 aromatic carbocycles. The molecule has 0 spiro atoms. The fraction of sp³-hybridized carbons (Fsp3) is 0.333. The van der Waals surface area contributed by atoms with E-state index in [1.807, 2.05) is 6.92 Å². The van der Waals surface area contributed by atoms with Crippen LogP contribution in [0.1, 0.15) is 18.6 Å². The van der Waals surface area contributed by atoms with Crippen LogP contribution in [0.5, 0.6) is 0 Å². The first-order chi connectivity index (χ1) is 10.6. The molecule has 118 valence electrons. The van der Waals surface area contributed by atoms with Crippen molar-refractivity contribution in [3.05, 3.63) is 54.1 Å².